The summed E-state index contributed by atoms with van der Waals surface area (Å²) in [5, 5.41) is 0. The van der Waals surface area contributed by atoms with Crippen molar-refractivity contribution in [3.8, 4) is 0 Å². The van der Waals surface area contributed by atoms with E-state index in [9.17, 15) is 4.79 Å². The lowest BCUT2D eigenvalue weighted by Crippen LogP contribution is -2.37. The van der Waals surface area contributed by atoms with Gasteiger partial charge in [-0.2, -0.15) is 0 Å². The zero-order valence-corrected chi connectivity index (χ0v) is 9.47. The van der Waals surface area contributed by atoms with Crippen molar-refractivity contribution in [3.63, 3.8) is 0 Å². The van der Waals surface area contributed by atoms with Gasteiger partial charge in [0.1, 0.15) is 5.76 Å². The van der Waals surface area contributed by atoms with Gasteiger partial charge in [0.15, 0.2) is 6.04 Å². The van der Waals surface area contributed by atoms with Crippen molar-refractivity contribution in [3.05, 3.63) is 22.4 Å². The molecule has 2 aliphatic heterocycles. The van der Waals surface area contributed by atoms with Gasteiger partial charge in [0.25, 0.3) is 0 Å². The number of nitrogens with zero attached hydrogens (tertiary/aromatic N) is 1. The van der Waals surface area contributed by atoms with Gasteiger partial charge >= 0.3 is 5.97 Å². The number of carbonyl (C=O) groups excluding carboxylic acids is 1. The van der Waals surface area contributed by atoms with Crippen LogP contribution in [0.4, 0.5) is 0 Å². The van der Waals surface area contributed by atoms with Crippen LogP contribution in [0.2, 0.25) is 0 Å². The van der Waals surface area contributed by atoms with E-state index in [2.05, 4.69) is 4.31 Å². The van der Waals surface area contributed by atoms with Crippen molar-refractivity contribution in [2.24, 2.45) is 0 Å². The normalized spacial score (nSPS) is 29.7. The van der Waals surface area contributed by atoms with E-state index in [1.807, 2.05) is 13.1 Å². The summed E-state index contributed by atoms with van der Waals surface area (Å²) < 4.78 is 7.23. The smallest absolute Gasteiger partial charge is 0.339 e. The second-order valence-corrected chi connectivity index (χ2v) is 5.27. The Bertz CT molecular complexity index is 386. The molecule has 0 saturated heterocycles. The molecule has 80 valence electrons. The van der Waals surface area contributed by atoms with Crippen molar-refractivity contribution in [1.82, 2.24) is 4.31 Å². The summed E-state index contributed by atoms with van der Waals surface area (Å²) in [6.45, 7) is 1.83. The van der Waals surface area contributed by atoms with E-state index < -0.39 is 0 Å². The maximum Gasteiger partial charge on any atom is 0.339 e. The first kappa shape index (κ1) is 9.33. The van der Waals surface area contributed by atoms with Crippen LogP contribution in [0.25, 0.3) is 0 Å². The fourth-order valence-corrected chi connectivity index (χ4v) is 3.74. The highest BCUT2D eigenvalue weighted by Crippen LogP contribution is 2.47. The van der Waals surface area contributed by atoms with E-state index in [0.717, 1.165) is 12.8 Å². The van der Waals surface area contributed by atoms with Crippen molar-refractivity contribution in [1.29, 1.82) is 0 Å². The Labute approximate surface area is 93.3 Å². The Morgan fingerprint density at radius 2 is 2.27 bits per heavy atom. The first-order valence-corrected chi connectivity index (χ1v) is 6.11. The number of allylic oxidation sites excluding steroid dienone is 2. The molecule has 3 aliphatic rings. The summed E-state index contributed by atoms with van der Waals surface area (Å²) in [7, 11) is 0. The lowest BCUT2D eigenvalue weighted by Gasteiger charge is -2.27. The average Bonchev–Trinajstić information content (AvgIpc) is 2.54. The molecular weight excluding hydrogens is 210 g/mol. The fourth-order valence-electron chi connectivity index (χ4n) is 2.40. The van der Waals surface area contributed by atoms with Crippen LogP contribution in [0.5, 0.6) is 0 Å². The van der Waals surface area contributed by atoms with Crippen molar-refractivity contribution >= 4 is 17.9 Å². The molecule has 0 amide bonds. The largest absolute Gasteiger partial charge is 0.428 e. The van der Waals surface area contributed by atoms with Gasteiger partial charge in [0.05, 0.1) is 6.20 Å². The number of hydrogen-bond donors (Lipinski definition) is 0. The Morgan fingerprint density at radius 1 is 1.47 bits per heavy atom. The third-order valence-corrected chi connectivity index (χ3v) is 4.27. The molecule has 3 rings (SSSR count). The van der Waals surface area contributed by atoms with E-state index in [1.165, 1.54) is 23.3 Å². The van der Waals surface area contributed by atoms with Crippen molar-refractivity contribution in [2.45, 2.75) is 38.6 Å². The Hall–Kier alpha value is -0.900. The summed E-state index contributed by atoms with van der Waals surface area (Å²) >= 11 is 1.72. The SMILES string of the molecule is CC1=CN2SC3=C(CCCC3)C2C(=O)O1. The maximum atomic E-state index is 11.8. The third kappa shape index (κ3) is 1.39. The molecule has 1 atom stereocenters. The van der Waals surface area contributed by atoms with Crippen molar-refractivity contribution < 1.29 is 9.53 Å². The summed E-state index contributed by atoms with van der Waals surface area (Å²) in [6, 6.07) is -0.131. The standard InChI is InChI=1S/C11H13NO2S/c1-7-6-12-10(11(13)14-7)8-4-2-3-5-9(8)15-12/h6,10H,2-5H2,1H3. The van der Waals surface area contributed by atoms with Gasteiger partial charge in [-0.15, -0.1) is 0 Å². The van der Waals surface area contributed by atoms with Crippen LogP contribution in [0, 0.1) is 0 Å². The van der Waals surface area contributed by atoms with E-state index in [0.29, 0.717) is 5.76 Å². The van der Waals surface area contributed by atoms with E-state index in [-0.39, 0.29) is 12.0 Å². The predicted octanol–water partition coefficient (Wildman–Crippen LogP) is 2.57. The molecule has 0 N–H and O–H groups in total. The summed E-state index contributed by atoms with van der Waals surface area (Å²) in [5.41, 5.74) is 1.31. The molecule has 4 heteroatoms. The second kappa shape index (κ2) is 3.30. The average molecular weight is 223 g/mol. The molecule has 1 aliphatic carbocycles. The van der Waals surface area contributed by atoms with Crippen molar-refractivity contribution in [2.75, 3.05) is 0 Å². The second-order valence-electron chi connectivity index (χ2n) is 4.17. The molecule has 1 unspecified atom stereocenters. The Morgan fingerprint density at radius 3 is 3.13 bits per heavy atom. The number of carbonyl (C=O) groups is 1. The van der Waals surface area contributed by atoms with Crippen LogP contribution in [-0.2, 0) is 9.53 Å². The molecule has 0 spiro atoms. The fraction of sp³-hybridized carbons (Fsp3) is 0.545. The molecular formula is C11H13NO2S. The van der Waals surface area contributed by atoms with Crippen LogP contribution >= 0.6 is 11.9 Å². The van der Waals surface area contributed by atoms with Crippen LogP contribution in [0.15, 0.2) is 22.4 Å². The molecule has 3 nitrogen and oxygen atoms in total. The van der Waals surface area contributed by atoms with Crippen LogP contribution in [-0.4, -0.2) is 16.3 Å². The number of cyclic esters (lactones) is 1. The minimum Gasteiger partial charge on any atom is -0.428 e. The highest BCUT2D eigenvalue weighted by atomic mass is 32.2. The zero-order chi connectivity index (χ0) is 10.4. The topological polar surface area (TPSA) is 29.5 Å². The summed E-state index contributed by atoms with van der Waals surface area (Å²) in [5.74, 6) is 0.595. The first-order chi connectivity index (χ1) is 7.25. The van der Waals surface area contributed by atoms with Crippen LogP contribution < -0.4 is 0 Å². The molecule has 0 fully saturated rings. The van der Waals surface area contributed by atoms with Gasteiger partial charge in [-0.3, -0.25) is 4.31 Å². The predicted molar refractivity (Wildman–Crippen MR) is 58.6 cm³/mol. The van der Waals surface area contributed by atoms with Gasteiger partial charge < -0.3 is 4.74 Å². The minimum atomic E-state index is -0.131. The molecule has 15 heavy (non-hydrogen) atoms. The summed E-state index contributed by atoms with van der Waals surface area (Å²) in [6.07, 6.45) is 6.59. The van der Waals surface area contributed by atoms with Gasteiger partial charge in [-0.05, 0) is 50.1 Å². The first-order valence-electron chi connectivity index (χ1n) is 5.34. The number of hydrogen-bond acceptors (Lipinski definition) is 4. The molecule has 0 saturated carbocycles. The maximum absolute atomic E-state index is 11.8. The molecule has 0 radical (unpaired) electrons. The lowest BCUT2D eigenvalue weighted by atomic mass is 9.93. The number of fused-ring (bicyclic) bond motifs is 2. The summed E-state index contributed by atoms with van der Waals surface area (Å²) in [4.78, 5) is 13.2. The minimum absolute atomic E-state index is 0.102. The highest BCUT2D eigenvalue weighted by molar-refractivity contribution is 8.01. The van der Waals surface area contributed by atoms with Gasteiger partial charge in [-0.25, -0.2) is 4.79 Å². The van der Waals surface area contributed by atoms with E-state index in [1.54, 1.807) is 11.9 Å². The number of ether oxygens (including phenoxy) is 1. The Balaban J connectivity index is 1.97. The van der Waals surface area contributed by atoms with Gasteiger partial charge in [0, 0.05) is 4.91 Å². The van der Waals surface area contributed by atoms with Crippen LogP contribution in [0.1, 0.15) is 32.6 Å². The lowest BCUT2D eigenvalue weighted by molar-refractivity contribution is -0.143. The molecule has 2 heterocycles. The van der Waals surface area contributed by atoms with Gasteiger partial charge in [-0.1, -0.05) is 0 Å². The zero-order valence-electron chi connectivity index (χ0n) is 8.66. The number of esters is 1. The molecule has 0 aromatic rings. The molecule has 0 aromatic heterocycles. The van der Waals surface area contributed by atoms with E-state index in [4.69, 9.17) is 4.74 Å². The monoisotopic (exact) mass is 223 g/mol. The molecule has 0 aromatic carbocycles. The molecule has 0 bridgehead atoms. The van der Waals surface area contributed by atoms with E-state index >= 15 is 0 Å². The number of rotatable bonds is 0. The highest BCUT2D eigenvalue weighted by Gasteiger charge is 2.41. The van der Waals surface area contributed by atoms with Gasteiger partial charge in [0.2, 0.25) is 0 Å². The Kier molecular flexibility index (Phi) is 2.06. The van der Waals surface area contributed by atoms with Crippen LogP contribution in [0.3, 0.4) is 0 Å². The quantitative estimate of drug-likeness (QED) is 0.466. The third-order valence-electron chi connectivity index (χ3n) is 3.05.